The fraction of sp³-hybridized carbons (Fsp3) is 0.714. The molecule has 0 aromatic carbocycles. The Morgan fingerprint density at radius 2 is 2.36 bits per heavy atom. The molecule has 0 saturated carbocycles. The van der Waals surface area contributed by atoms with Gasteiger partial charge in [-0.1, -0.05) is 0 Å². The average Bonchev–Trinajstić information content (AvgIpc) is 1.94. The second kappa shape index (κ2) is 2.90. The van der Waals surface area contributed by atoms with Crippen LogP contribution in [0.25, 0.3) is 0 Å². The molecule has 1 unspecified atom stereocenters. The molecule has 1 fully saturated rings. The number of nitrogens with zero attached hydrogens (tertiary/aromatic N) is 1. The van der Waals surface area contributed by atoms with E-state index >= 15 is 0 Å². The molecule has 1 saturated heterocycles. The highest BCUT2D eigenvalue weighted by Gasteiger charge is 2.27. The van der Waals surface area contributed by atoms with Gasteiger partial charge in [0.2, 0.25) is 5.91 Å². The first kappa shape index (κ1) is 8.04. The molecule has 4 heteroatoms. The van der Waals surface area contributed by atoms with Crippen LogP contribution in [0, 0.1) is 5.92 Å². The van der Waals surface area contributed by atoms with Crippen molar-refractivity contribution in [1.29, 1.82) is 0 Å². The molecular weight excluding hydrogens is 146 g/mol. The summed E-state index contributed by atoms with van der Waals surface area (Å²) in [7, 11) is 1.64. The topological polar surface area (TPSA) is 57.6 Å². The summed E-state index contributed by atoms with van der Waals surface area (Å²) in [6, 6.07) is 0. The first-order valence-corrected chi connectivity index (χ1v) is 3.58. The van der Waals surface area contributed by atoms with Crippen LogP contribution in [0.5, 0.6) is 0 Å². The summed E-state index contributed by atoms with van der Waals surface area (Å²) in [6.45, 7) is 0.355. The molecule has 1 heterocycles. The van der Waals surface area contributed by atoms with Crippen LogP contribution in [0.1, 0.15) is 12.8 Å². The van der Waals surface area contributed by atoms with Crippen molar-refractivity contribution in [2.75, 3.05) is 13.6 Å². The van der Waals surface area contributed by atoms with Gasteiger partial charge in [0.25, 0.3) is 0 Å². The third kappa shape index (κ3) is 1.69. The minimum Gasteiger partial charge on any atom is -0.481 e. The van der Waals surface area contributed by atoms with Gasteiger partial charge in [0, 0.05) is 20.0 Å². The Balaban J connectivity index is 2.52. The number of carbonyl (C=O) groups excluding carboxylic acids is 1. The number of carbonyl (C=O) groups is 2. The number of hydrogen-bond acceptors (Lipinski definition) is 2. The van der Waals surface area contributed by atoms with E-state index in [4.69, 9.17) is 5.11 Å². The summed E-state index contributed by atoms with van der Waals surface area (Å²) in [6.07, 6.45) is 0.853. The molecule has 0 spiro atoms. The molecule has 0 bridgehead atoms. The number of aliphatic carboxylic acids is 1. The summed E-state index contributed by atoms with van der Waals surface area (Å²) in [5.41, 5.74) is 0. The largest absolute Gasteiger partial charge is 0.481 e. The van der Waals surface area contributed by atoms with Crippen molar-refractivity contribution < 1.29 is 14.7 Å². The van der Waals surface area contributed by atoms with Crippen LogP contribution in [0.4, 0.5) is 0 Å². The van der Waals surface area contributed by atoms with Gasteiger partial charge < -0.3 is 10.0 Å². The van der Waals surface area contributed by atoms with E-state index in [1.54, 1.807) is 7.05 Å². The van der Waals surface area contributed by atoms with E-state index in [0.29, 0.717) is 19.4 Å². The molecule has 1 N–H and O–H groups in total. The average molecular weight is 157 g/mol. The van der Waals surface area contributed by atoms with Gasteiger partial charge in [-0.25, -0.2) is 0 Å². The lowest BCUT2D eigenvalue weighted by Crippen LogP contribution is -2.39. The van der Waals surface area contributed by atoms with E-state index in [9.17, 15) is 9.59 Å². The Kier molecular flexibility index (Phi) is 2.12. The second-order valence-electron chi connectivity index (χ2n) is 2.85. The molecule has 1 atom stereocenters. The molecule has 0 radical (unpaired) electrons. The number of likely N-dealkylation sites (tertiary alicyclic amines) is 1. The highest BCUT2D eigenvalue weighted by atomic mass is 16.4. The number of amides is 1. The standard InChI is InChI=1S/C7H11NO3/c1-8-4-5(7(10)11)2-3-6(8)9/h5H,2-4H2,1H3,(H,10,11). The van der Waals surface area contributed by atoms with Crippen LogP contribution in [-0.2, 0) is 9.59 Å². The minimum atomic E-state index is -0.802. The van der Waals surface area contributed by atoms with Crippen LogP contribution < -0.4 is 0 Å². The highest BCUT2D eigenvalue weighted by molar-refractivity contribution is 5.80. The van der Waals surface area contributed by atoms with E-state index in [-0.39, 0.29) is 11.8 Å². The molecule has 1 aliphatic heterocycles. The summed E-state index contributed by atoms with van der Waals surface area (Å²) in [5.74, 6) is -1.12. The van der Waals surface area contributed by atoms with Crippen molar-refractivity contribution in [3.8, 4) is 0 Å². The first-order valence-electron chi connectivity index (χ1n) is 3.58. The first-order chi connectivity index (χ1) is 5.11. The quantitative estimate of drug-likeness (QED) is 0.580. The molecule has 1 rings (SSSR count). The zero-order valence-corrected chi connectivity index (χ0v) is 6.41. The Bertz CT molecular complexity index is 190. The van der Waals surface area contributed by atoms with E-state index in [2.05, 4.69) is 0 Å². The molecule has 0 aliphatic carbocycles. The zero-order chi connectivity index (χ0) is 8.43. The van der Waals surface area contributed by atoms with Crippen molar-refractivity contribution in [3.05, 3.63) is 0 Å². The third-order valence-electron chi connectivity index (χ3n) is 1.98. The number of hydrogen-bond donors (Lipinski definition) is 1. The third-order valence-corrected chi connectivity index (χ3v) is 1.98. The van der Waals surface area contributed by atoms with Crippen LogP contribution in [0.2, 0.25) is 0 Å². The Hall–Kier alpha value is -1.06. The fourth-order valence-electron chi connectivity index (χ4n) is 1.21. The maximum Gasteiger partial charge on any atom is 0.308 e. The predicted molar refractivity (Wildman–Crippen MR) is 38.0 cm³/mol. The Morgan fingerprint density at radius 1 is 1.73 bits per heavy atom. The van der Waals surface area contributed by atoms with Crippen molar-refractivity contribution in [3.63, 3.8) is 0 Å². The van der Waals surface area contributed by atoms with Crippen molar-refractivity contribution >= 4 is 11.9 Å². The Morgan fingerprint density at radius 3 is 2.82 bits per heavy atom. The molecule has 0 aromatic rings. The summed E-state index contributed by atoms with van der Waals surface area (Å²) < 4.78 is 0. The van der Waals surface area contributed by atoms with E-state index in [1.165, 1.54) is 4.90 Å². The van der Waals surface area contributed by atoms with E-state index < -0.39 is 5.97 Å². The minimum absolute atomic E-state index is 0.0440. The Labute approximate surface area is 64.8 Å². The lowest BCUT2D eigenvalue weighted by molar-refractivity contribution is -0.146. The van der Waals surface area contributed by atoms with Crippen LogP contribution >= 0.6 is 0 Å². The van der Waals surface area contributed by atoms with Crippen LogP contribution in [0.15, 0.2) is 0 Å². The van der Waals surface area contributed by atoms with Crippen molar-refractivity contribution in [2.45, 2.75) is 12.8 Å². The summed E-state index contributed by atoms with van der Waals surface area (Å²) >= 11 is 0. The maximum absolute atomic E-state index is 10.9. The molecule has 4 nitrogen and oxygen atoms in total. The SMILES string of the molecule is CN1CC(C(=O)O)CCC1=O. The predicted octanol–water partition coefficient (Wildman–Crippen LogP) is -0.0606. The van der Waals surface area contributed by atoms with Gasteiger partial charge in [0.05, 0.1) is 5.92 Å². The van der Waals surface area contributed by atoms with Gasteiger partial charge in [-0.15, -0.1) is 0 Å². The van der Waals surface area contributed by atoms with Gasteiger partial charge in [-0.3, -0.25) is 9.59 Å². The fourth-order valence-corrected chi connectivity index (χ4v) is 1.21. The monoisotopic (exact) mass is 157 g/mol. The van der Waals surface area contributed by atoms with Crippen LogP contribution in [-0.4, -0.2) is 35.5 Å². The normalized spacial score (nSPS) is 25.4. The number of carboxylic acids is 1. The molecule has 62 valence electrons. The lowest BCUT2D eigenvalue weighted by Gasteiger charge is -2.26. The molecular formula is C7H11NO3. The maximum atomic E-state index is 10.9. The van der Waals surface area contributed by atoms with E-state index in [0.717, 1.165) is 0 Å². The molecule has 0 aromatic heterocycles. The van der Waals surface area contributed by atoms with Gasteiger partial charge in [0.1, 0.15) is 0 Å². The number of rotatable bonds is 1. The summed E-state index contributed by atoms with van der Waals surface area (Å²) in [5, 5.41) is 8.60. The van der Waals surface area contributed by atoms with Gasteiger partial charge in [0.15, 0.2) is 0 Å². The molecule has 11 heavy (non-hydrogen) atoms. The van der Waals surface area contributed by atoms with Gasteiger partial charge in [-0.2, -0.15) is 0 Å². The summed E-state index contributed by atoms with van der Waals surface area (Å²) in [4.78, 5) is 22.8. The number of carboxylic acid groups (broad SMARTS) is 1. The van der Waals surface area contributed by atoms with Gasteiger partial charge >= 0.3 is 5.97 Å². The van der Waals surface area contributed by atoms with Crippen molar-refractivity contribution in [1.82, 2.24) is 4.90 Å². The van der Waals surface area contributed by atoms with Crippen molar-refractivity contribution in [2.24, 2.45) is 5.92 Å². The van der Waals surface area contributed by atoms with Crippen LogP contribution in [0.3, 0.4) is 0 Å². The van der Waals surface area contributed by atoms with Gasteiger partial charge in [-0.05, 0) is 6.42 Å². The highest BCUT2D eigenvalue weighted by Crippen LogP contribution is 2.15. The van der Waals surface area contributed by atoms with E-state index in [1.807, 2.05) is 0 Å². The zero-order valence-electron chi connectivity index (χ0n) is 6.41. The smallest absolute Gasteiger partial charge is 0.308 e. The second-order valence-corrected chi connectivity index (χ2v) is 2.85. The molecule has 1 aliphatic rings. The molecule has 1 amide bonds. The number of piperidine rings is 1. The lowest BCUT2D eigenvalue weighted by atomic mass is 9.98.